The summed E-state index contributed by atoms with van der Waals surface area (Å²) in [6.07, 6.45) is 3.96. The number of hydrogen-bond acceptors (Lipinski definition) is 13. The molecule has 0 saturated carbocycles. The van der Waals surface area contributed by atoms with Crippen molar-refractivity contribution in [2.75, 3.05) is 26.1 Å². The minimum atomic E-state index is -0.441. The number of halogens is 1. The van der Waals surface area contributed by atoms with Crippen LogP contribution in [0.3, 0.4) is 0 Å². The Labute approximate surface area is 226 Å². The maximum Gasteiger partial charge on any atom is 0.245 e. The van der Waals surface area contributed by atoms with Crippen LogP contribution < -0.4 is 14.2 Å². The third-order valence-electron chi connectivity index (χ3n) is 5.53. The van der Waals surface area contributed by atoms with E-state index in [0.29, 0.717) is 39.6 Å². The second-order valence-electron chi connectivity index (χ2n) is 7.79. The number of rotatable bonds is 10. The lowest BCUT2D eigenvalue weighted by atomic mass is 10.2. The number of benzene rings is 1. The molecule has 5 rings (SSSR count). The molecule has 196 valence electrons. The molecule has 38 heavy (non-hydrogen) atoms. The summed E-state index contributed by atoms with van der Waals surface area (Å²) in [5, 5.41) is 14.1. The first-order chi connectivity index (χ1) is 18.5. The monoisotopic (exact) mass is 555 g/mol. The lowest BCUT2D eigenvalue weighted by Crippen LogP contribution is -2.19. The first kappa shape index (κ1) is 25.6. The molecule has 1 aromatic carbocycles. The van der Waals surface area contributed by atoms with Gasteiger partial charge in [0.1, 0.15) is 12.4 Å². The first-order valence-electron chi connectivity index (χ1n) is 11.2. The Hall–Kier alpha value is -4.01. The van der Waals surface area contributed by atoms with Crippen LogP contribution >= 0.6 is 23.5 Å². The minimum absolute atomic E-state index is 0.168. The van der Waals surface area contributed by atoms with E-state index in [0.717, 1.165) is 5.39 Å². The Morgan fingerprint density at radius 1 is 1.00 bits per heavy atom. The Kier molecular flexibility index (Phi) is 7.53. The molecule has 0 aliphatic carbocycles. The average Bonchev–Trinajstić information content (AvgIpc) is 3.56. The van der Waals surface area contributed by atoms with E-state index in [-0.39, 0.29) is 17.0 Å². The molecule has 1 N–H and O–H groups in total. The molecule has 0 aliphatic rings. The highest BCUT2D eigenvalue weighted by Gasteiger charge is 2.29. The molecule has 0 amide bonds. The van der Waals surface area contributed by atoms with Crippen LogP contribution in [0.2, 0.25) is 5.02 Å². The Balaban J connectivity index is 1.57. The van der Waals surface area contributed by atoms with Crippen molar-refractivity contribution >= 4 is 40.5 Å². The number of aromatic nitrogens is 8. The summed E-state index contributed by atoms with van der Waals surface area (Å²) in [5.74, 6) is 1.69. The summed E-state index contributed by atoms with van der Waals surface area (Å²) in [6, 6.07) is 7.45. The second-order valence-corrected chi connectivity index (χ2v) is 9.41. The summed E-state index contributed by atoms with van der Waals surface area (Å²) >= 11 is 7.28. The van der Waals surface area contributed by atoms with Crippen LogP contribution in [-0.2, 0) is 4.74 Å². The molecule has 5 aromatic rings. The van der Waals surface area contributed by atoms with Gasteiger partial charge in [-0.2, -0.15) is 9.97 Å². The van der Waals surface area contributed by atoms with Crippen LogP contribution in [0.15, 0.2) is 47.5 Å². The molecule has 15 heteroatoms. The summed E-state index contributed by atoms with van der Waals surface area (Å²) in [6.45, 7) is 1.96. The van der Waals surface area contributed by atoms with Crippen molar-refractivity contribution in [3.63, 3.8) is 0 Å². The number of methoxy groups -OCH3 is 3. The first-order valence-corrected chi connectivity index (χ1v) is 12.5. The molecule has 4 aromatic heterocycles. The molecule has 0 aliphatic heterocycles. The van der Waals surface area contributed by atoms with Gasteiger partial charge in [-0.05, 0) is 31.0 Å². The topological polar surface area (TPSA) is 148 Å². The molecule has 2 unspecified atom stereocenters. The SMILES string of the molecule is COc1ncnc(OC)c1-n1c(NSC(C)C(OC)c2ncc(Cl)cn2)nnc1-c1noc2ccccc12. The van der Waals surface area contributed by atoms with Gasteiger partial charge in [0.05, 0.1) is 29.9 Å². The molecule has 0 bridgehead atoms. The van der Waals surface area contributed by atoms with Crippen molar-refractivity contribution in [2.45, 2.75) is 18.3 Å². The van der Waals surface area contributed by atoms with Crippen molar-refractivity contribution in [3.8, 4) is 29.0 Å². The van der Waals surface area contributed by atoms with Gasteiger partial charge in [0.2, 0.25) is 17.7 Å². The maximum atomic E-state index is 5.94. The standard InChI is InChI=1S/C23H22ClN9O4S/c1-12(18(34-2)19-25-9-13(24)10-26-19)38-32-23-30-29-20(16-14-7-5-6-8-15(14)37-31-16)33(23)17-21(35-3)27-11-28-22(17)36-4/h5-12,18H,1-4H3,(H,30,32). The predicted molar refractivity (Wildman–Crippen MR) is 141 cm³/mol. The van der Waals surface area contributed by atoms with Crippen molar-refractivity contribution in [3.05, 3.63) is 53.8 Å². The third-order valence-corrected chi connectivity index (χ3v) is 6.64. The van der Waals surface area contributed by atoms with Crippen LogP contribution in [0, 0.1) is 0 Å². The van der Waals surface area contributed by atoms with Gasteiger partial charge in [-0.15, -0.1) is 10.2 Å². The van der Waals surface area contributed by atoms with E-state index in [9.17, 15) is 0 Å². The van der Waals surface area contributed by atoms with Crippen molar-refractivity contribution in [2.24, 2.45) is 0 Å². The predicted octanol–water partition coefficient (Wildman–Crippen LogP) is 4.16. The molecule has 0 saturated heterocycles. The minimum Gasteiger partial charge on any atom is -0.479 e. The summed E-state index contributed by atoms with van der Waals surface area (Å²) < 4.78 is 27.2. The fourth-order valence-electron chi connectivity index (χ4n) is 3.78. The largest absolute Gasteiger partial charge is 0.479 e. The number of ether oxygens (including phenoxy) is 3. The van der Waals surface area contributed by atoms with Crippen LogP contribution in [0.25, 0.3) is 28.2 Å². The molecule has 4 heterocycles. The van der Waals surface area contributed by atoms with Gasteiger partial charge in [0, 0.05) is 19.5 Å². The van der Waals surface area contributed by atoms with E-state index in [2.05, 4.69) is 40.0 Å². The number of fused-ring (bicyclic) bond motifs is 1. The number of nitrogens with one attached hydrogen (secondary N) is 1. The second kappa shape index (κ2) is 11.2. The van der Waals surface area contributed by atoms with Gasteiger partial charge in [0.25, 0.3) is 0 Å². The summed E-state index contributed by atoms with van der Waals surface area (Å²) in [7, 11) is 4.59. The van der Waals surface area contributed by atoms with Gasteiger partial charge >= 0.3 is 0 Å². The highest BCUT2D eigenvalue weighted by molar-refractivity contribution is 8.01. The normalized spacial score (nSPS) is 12.9. The average molecular weight is 556 g/mol. The zero-order valence-electron chi connectivity index (χ0n) is 20.7. The quantitative estimate of drug-likeness (QED) is 0.246. The van der Waals surface area contributed by atoms with Crippen LogP contribution in [-0.4, -0.2) is 66.4 Å². The van der Waals surface area contributed by atoms with Crippen molar-refractivity contribution in [1.29, 1.82) is 0 Å². The Morgan fingerprint density at radius 2 is 1.71 bits per heavy atom. The Bertz CT molecular complexity index is 1520. The van der Waals surface area contributed by atoms with E-state index < -0.39 is 6.10 Å². The fraction of sp³-hybridized carbons (Fsp3) is 0.261. The van der Waals surface area contributed by atoms with Crippen LogP contribution in [0.4, 0.5) is 5.95 Å². The molecular formula is C23H22ClN9O4S. The van der Waals surface area contributed by atoms with E-state index >= 15 is 0 Å². The zero-order chi connectivity index (χ0) is 26.6. The highest BCUT2D eigenvalue weighted by Crippen LogP contribution is 2.38. The van der Waals surface area contributed by atoms with Crippen LogP contribution in [0.1, 0.15) is 18.9 Å². The van der Waals surface area contributed by atoms with E-state index in [1.165, 1.54) is 44.9 Å². The van der Waals surface area contributed by atoms with Gasteiger partial charge in [-0.25, -0.2) is 14.5 Å². The zero-order valence-corrected chi connectivity index (χ0v) is 22.3. The van der Waals surface area contributed by atoms with Crippen LogP contribution in [0.5, 0.6) is 11.8 Å². The van der Waals surface area contributed by atoms with Gasteiger partial charge in [-0.3, -0.25) is 4.72 Å². The van der Waals surface area contributed by atoms with Gasteiger partial charge in [0.15, 0.2) is 28.6 Å². The summed E-state index contributed by atoms with van der Waals surface area (Å²) in [5.41, 5.74) is 1.45. The molecule has 2 atom stereocenters. The van der Waals surface area contributed by atoms with Gasteiger partial charge in [-0.1, -0.05) is 28.9 Å². The number of anilines is 1. The van der Waals surface area contributed by atoms with Gasteiger partial charge < -0.3 is 18.7 Å². The maximum absolute atomic E-state index is 5.94. The molecule has 0 fully saturated rings. The molecule has 13 nitrogen and oxygen atoms in total. The van der Waals surface area contributed by atoms with E-state index in [1.54, 1.807) is 11.7 Å². The third kappa shape index (κ3) is 4.80. The van der Waals surface area contributed by atoms with E-state index in [1.807, 2.05) is 31.2 Å². The molecule has 0 spiro atoms. The summed E-state index contributed by atoms with van der Waals surface area (Å²) in [4.78, 5) is 17.1. The molecular weight excluding hydrogens is 534 g/mol. The van der Waals surface area contributed by atoms with Crippen molar-refractivity contribution in [1.82, 2.24) is 39.9 Å². The smallest absolute Gasteiger partial charge is 0.245 e. The molecule has 0 radical (unpaired) electrons. The van der Waals surface area contributed by atoms with E-state index in [4.69, 9.17) is 30.3 Å². The lowest BCUT2D eigenvalue weighted by Gasteiger charge is -2.21. The number of nitrogens with zero attached hydrogens (tertiary/aromatic N) is 8. The number of para-hydroxylation sites is 1. The van der Waals surface area contributed by atoms with Crippen molar-refractivity contribution < 1.29 is 18.7 Å². The Morgan fingerprint density at radius 3 is 2.39 bits per heavy atom. The number of hydrogen-bond donors (Lipinski definition) is 1. The lowest BCUT2D eigenvalue weighted by molar-refractivity contribution is 0.0972. The highest BCUT2D eigenvalue weighted by atomic mass is 35.5. The fourth-order valence-corrected chi connectivity index (χ4v) is 4.66.